The van der Waals surface area contributed by atoms with Crippen LogP contribution < -0.4 is 5.32 Å². The highest BCUT2D eigenvalue weighted by Crippen LogP contribution is 2.21. The van der Waals surface area contributed by atoms with E-state index in [-0.39, 0.29) is 0 Å². The number of rotatable bonds is 4. The van der Waals surface area contributed by atoms with Crippen molar-refractivity contribution in [2.24, 2.45) is 0 Å². The lowest BCUT2D eigenvalue weighted by molar-refractivity contribution is 0.206. The maximum atomic E-state index is 5.25. The molecule has 0 amide bonds. The summed E-state index contributed by atoms with van der Waals surface area (Å²) in [5.74, 6) is 0. The topological polar surface area (TPSA) is 27.8 Å². The van der Waals surface area contributed by atoms with Gasteiger partial charge < -0.3 is 10.1 Å². The Kier molecular flexibility index (Phi) is 2.63. The van der Waals surface area contributed by atoms with Crippen molar-refractivity contribution in [1.82, 2.24) is 10.2 Å². The Labute approximate surface area is 74.1 Å². The molecule has 0 radical (unpaired) electrons. The summed E-state index contributed by atoms with van der Waals surface area (Å²) in [6.07, 6.45) is 3.07. The van der Waals surface area contributed by atoms with Crippen molar-refractivity contribution in [1.29, 1.82) is 0 Å². The third-order valence-electron chi connectivity index (χ3n) is 2.82. The SMILES string of the molecule is CCC(CC1CO1)N1CCNC1. The second-order valence-corrected chi connectivity index (χ2v) is 3.72. The molecule has 2 fully saturated rings. The van der Waals surface area contributed by atoms with E-state index in [9.17, 15) is 0 Å². The third-order valence-corrected chi connectivity index (χ3v) is 2.82. The Hall–Kier alpha value is -0.120. The molecule has 2 aliphatic heterocycles. The van der Waals surface area contributed by atoms with Crippen LogP contribution in [0.5, 0.6) is 0 Å². The van der Waals surface area contributed by atoms with Gasteiger partial charge in [-0.2, -0.15) is 0 Å². The van der Waals surface area contributed by atoms with Crippen LogP contribution in [0.25, 0.3) is 0 Å². The predicted octanol–water partition coefficient (Wildman–Crippen LogP) is 0.417. The Morgan fingerprint density at radius 2 is 2.50 bits per heavy atom. The van der Waals surface area contributed by atoms with E-state index in [0.29, 0.717) is 6.10 Å². The average Bonchev–Trinajstić information content (AvgIpc) is 2.74. The standard InChI is InChI=1S/C9H18N2O/c1-2-8(5-9-6-12-9)11-4-3-10-7-11/h8-10H,2-7H2,1H3. The quantitative estimate of drug-likeness (QED) is 0.620. The lowest BCUT2D eigenvalue weighted by atomic mass is 10.1. The maximum absolute atomic E-state index is 5.25. The van der Waals surface area contributed by atoms with Crippen LogP contribution in [0.1, 0.15) is 19.8 Å². The molecule has 0 saturated carbocycles. The second kappa shape index (κ2) is 3.73. The summed E-state index contributed by atoms with van der Waals surface area (Å²) >= 11 is 0. The first-order valence-electron chi connectivity index (χ1n) is 4.96. The smallest absolute Gasteiger partial charge is 0.0824 e. The highest BCUT2D eigenvalue weighted by molar-refractivity contribution is 4.81. The molecule has 1 N–H and O–H groups in total. The van der Waals surface area contributed by atoms with Gasteiger partial charge in [0, 0.05) is 25.8 Å². The summed E-state index contributed by atoms with van der Waals surface area (Å²) in [6, 6.07) is 0.743. The van der Waals surface area contributed by atoms with Gasteiger partial charge in [-0.25, -0.2) is 0 Å². The zero-order valence-corrected chi connectivity index (χ0v) is 7.75. The molecule has 0 bridgehead atoms. The molecule has 0 aromatic heterocycles. The highest BCUT2D eigenvalue weighted by Gasteiger charge is 2.29. The Morgan fingerprint density at radius 1 is 1.67 bits per heavy atom. The van der Waals surface area contributed by atoms with Crippen molar-refractivity contribution in [2.75, 3.05) is 26.4 Å². The van der Waals surface area contributed by atoms with Gasteiger partial charge in [0.15, 0.2) is 0 Å². The van der Waals surface area contributed by atoms with E-state index in [2.05, 4.69) is 17.1 Å². The molecule has 2 unspecified atom stereocenters. The van der Waals surface area contributed by atoms with Crippen LogP contribution in [0, 0.1) is 0 Å². The molecule has 0 aliphatic carbocycles. The summed E-state index contributed by atoms with van der Waals surface area (Å²) in [4.78, 5) is 2.53. The molecule has 2 atom stereocenters. The summed E-state index contributed by atoms with van der Waals surface area (Å²) in [5.41, 5.74) is 0. The van der Waals surface area contributed by atoms with E-state index in [1.165, 1.54) is 19.4 Å². The molecule has 0 spiro atoms. The van der Waals surface area contributed by atoms with Crippen molar-refractivity contribution in [2.45, 2.75) is 31.9 Å². The summed E-state index contributed by atoms with van der Waals surface area (Å²) in [5, 5.41) is 3.37. The fraction of sp³-hybridized carbons (Fsp3) is 1.00. The molecule has 12 heavy (non-hydrogen) atoms. The molecule has 0 aromatic rings. The zero-order valence-electron chi connectivity index (χ0n) is 7.75. The number of nitrogens with one attached hydrogen (secondary N) is 1. The van der Waals surface area contributed by atoms with Gasteiger partial charge in [0.2, 0.25) is 0 Å². The van der Waals surface area contributed by atoms with Crippen LogP contribution in [0.2, 0.25) is 0 Å². The van der Waals surface area contributed by atoms with Crippen molar-refractivity contribution in [3.63, 3.8) is 0 Å². The first-order valence-corrected chi connectivity index (χ1v) is 4.96. The number of ether oxygens (including phenoxy) is 1. The van der Waals surface area contributed by atoms with Gasteiger partial charge in [0.05, 0.1) is 12.7 Å². The summed E-state index contributed by atoms with van der Waals surface area (Å²) in [6.45, 7) is 6.71. The van der Waals surface area contributed by atoms with E-state index >= 15 is 0 Å². The fourth-order valence-corrected chi connectivity index (χ4v) is 1.92. The Balaban J connectivity index is 1.78. The summed E-state index contributed by atoms with van der Waals surface area (Å²) < 4.78 is 5.25. The van der Waals surface area contributed by atoms with Crippen molar-refractivity contribution >= 4 is 0 Å². The average molecular weight is 170 g/mol. The van der Waals surface area contributed by atoms with Gasteiger partial charge in [-0.1, -0.05) is 6.92 Å². The molecule has 2 heterocycles. The molecule has 2 rings (SSSR count). The number of hydrogen-bond donors (Lipinski definition) is 1. The van der Waals surface area contributed by atoms with E-state index in [0.717, 1.165) is 25.9 Å². The van der Waals surface area contributed by atoms with E-state index in [1.54, 1.807) is 0 Å². The molecule has 70 valence electrons. The van der Waals surface area contributed by atoms with Gasteiger partial charge in [-0.15, -0.1) is 0 Å². The lowest BCUT2D eigenvalue weighted by Crippen LogP contribution is -2.34. The van der Waals surface area contributed by atoms with Crippen LogP contribution in [-0.2, 0) is 4.74 Å². The lowest BCUT2D eigenvalue weighted by Gasteiger charge is -2.24. The van der Waals surface area contributed by atoms with Crippen molar-refractivity contribution in [3.8, 4) is 0 Å². The van der Waals surface area contributed by atoms with Gasteiger partial charge in [0.1, 0.15) is 0 Å². The molecular weight excluding hydrogens is 152 g/mol. The molecule has 3 nitrogen and oxygen atoms in total. The van der Waals surface area contributed by atoms with Crippen LogP contribution in [0.3, 0.4) is 0 Å². The van der Waals surface area contributed by atoms with Crippen LogP contribution in [-0.4, -0.2) is 43.4 Å². The number of epoxide rings is 1. The monoisotopic (exact) mass is 170 g/mol. The predicted molar refractivity (Wildman–Crippen MR) is 48.0 cm³/mol. The van der Waals surface area contributed by atoms with Gasteiger partial charge in [-0.05, 0) is 12.8 Å². The fourth-order valence-electron chi connectivity index (χ4n) is 1.92. The third kappa shape index (κ3) is 1.97. The number of nitrogens with zero attached hydrogens (tertiary/aromatic N) is 1. The molecular formula is C9H18N2O. The minimum absolute atomic E-state index is 0.579. The van der Waals surface area contributed by atoms with Crippen molar-refractivity contribution < 1.29 is 4.74 Å². The van der Waals surface area contributed by atoms with E-state index in [4.69, 9.17) is 4.74 Å². The van der Waals surface area contributed by atoms with Gasteiger partial charge >= 0.3 is 0 Å². The van der Waals surface area contributed by atoms with E-state index < -0.39 is 0 Å². The van der Waals surface area contributed by atoms with Crippen molar-refractivity contribution in [3.05, 3.63) is 0 Å². The van der Waals surface area contributed by atoms with Gasteiger partial charge in [-0.3, -0.25) is 4.90 Å². The first kappa shape index (κ1) is 8.48. The first-order chi connectivity index (χ1) is 5.90. The Morgan fingerprint density at radius 3 is 3.00 bits per heavy atom. The molecule has 3 heteroatoms. The number of hydrogen-bond acceptors (Lipinski definition) is 3. The van der Waals surface area contributed by atoms with E-state index in [1.807, 2.05) is 0 Å². The van der Waals surface area contributed by atoms with Crippen LogP contribution in [0.4, 0.5) is 0 Å². The van der Waals surface area contributed by atoms with Crippen LogP contribution in [0.15, 0.2) is 0 Å². The minimum atomic E-state index is 0.579. The second-order valence-electron chi connectivity index (χ2n) is 3.72. The Bertz CT molecular complexity index is 141. The maximum Gasteiger partial charge on any atom is 0.0824 e. The zero-order chi connectivity index (χ0) is 8.39. The summed E-state index contributed by atoms with van der Waals surface area (Å²) in [7, 11) is 0. The highest BCUT2D eigenvalue weighted by atomic mass is 16.6. The minimum Gasteiger partial charge on any atom is -0.373 e. The molecule has 2 saturated heterocycles. The molecule has 2 aliphatic rings. The molecule has 0 aromatic carbocycles. The normalized spacial score (nSPS) is 32.2. The van der Waals surface area contributed by atoms with Crippen LogP contribution >= 0.6 is 0 Å². The largest absolute Gasteiger partial charge is 0.373 e. The van der Waals surface area contributed by atoms with Gasteiger partial charge in [0.25, 0.3) is 0 Å².